The van der Waals surface area contributed by atoms with E-state index in [2.05, 4.69) is 78.0 Å². The summed E-state index contributed by atoms with van der Waals surface area (Å²) >= 11 is 1.60. The molecular weight excluding hydrogens is 581 g/mol. The summed E-state index contributed by atoms with van der Waals surface area (Å²) in [5, 5.41) is 10.8. The number of unbranched alkanes of at least 4 members (excludes halogenated alkanes) is 6. The van der Waals surface area contributed by atoms with Gasteiger partial charge < -0.3 is 14.4 Å². The molecule has 0 N–H and O–H groups in total. The highest BCUT2D eigenvalue weighted by Crippen LogP contribution is 2.29. The minimum atomic E-state index is 0.0758. The molecule has 1 unspecified atom stereocenters. The van der Waals surface area contributed by atoms with Crippen molar-refractivity contribution in [3.05, 3.63) is 59.7 Å². The number of benzene rings is 2. The molecule has 1 aliphatic heterocycles. The smallest absolute Gasteiger partial charge is 0.222 e. The van der Waals surface area contributed by atoms with Crippen LogP contribution in [0.15, 0.2) is 53.7 Å². The van der Waals surface area contributed by atoms with Crippen molar-refractivity contribution >= 4 is 45.6 Å². The van der Waals surface area contributed by atoms with Gasteiger partial charge >= 0.3 is 0 Å². The Morgan fingerprint density at radius 1 is 0.889 bits per heavy atom. The Hall–Kier alpha value is -3.46. The summed E-state index contributed by atoms with van der Waals surface area (Å²) in [5.41, 5.74) is 5.19. The third-order valence-corrected chi connectivity index (χ3v) is 9.77. The number of nitrogens with zero attached hydrogens (tertiary/aromatic N) is 6. The zero-order valence-corrected chi connectivity index (χ0v) is 28.0. The fourth-order valence-electron chi connectivity index (χ4n) is 6.30. The van der Waals surface area contributed by atoms with E-state index >= 15 is 0 Å². The van der Waals surface area contributed by atoms with Gasteiger partial charge in [-0.15, -0.1) is 10.2 Å². The third kappa shape index (κ3) is 8.63. The van der Waals surface area contributed by atoms with Crippen LogP contribution >= 0.6 is 11.8 Å². The number of aryl methyl sites for hydroxylation is 1. The van der Waals surface area contributed by atoms with Crippen molar-refractivity contribution in [3.63, 3.8) is 0 Å². The van der Waals surface area contributed by atoms with E-state index in [0.29, 0.717) is 37.6 Å². The molecule has 0 saturated carbocycles. The summed E-state index contributed by atoms with van der Waals surface area (Å²) in [5.74, 6) is 1.26. The molecule has 0 bridgehead atoms. The standard InChI is InChI=1S/C36H48N6O2S/c1-4-5-6-7-8-12-18-33(44)41-22-21-40(25-28(41)3)32(43)17-13-14-23-45-36-37-35-34(38-39-36)30-24-27(2)19-20-31(30)42(35)26-29-15-10-9-11-16-29/h9-11,15-16,19-20,24,28H,4-8,12-14,17-18,21-23,25-26H2,1-3H3. The van der Waals surface area contributed by atoms with E-state index in [1.807, 2.05) is 15.9 Å². The van der Waals surface area contributed by atoms with E-state index < -0.39 is 0 Å². The monoisotopic (exact) mass is 628 g/mol. The normalized spacial score (nSPS) is 15.3. The van der Waals surface area contributed by atoms with E-state index in [1.165, 1.54) is 36.8 Å². The summed E-state index contributed by atoms with van der Waals surface area (Å²) in [4.78, 5) is 34.6. The number of thioether (sulfide) groups is 1. The van der Waals surface area contributed by atoms with Crippen LogP contribution in [0.1, 0.15) is 89.2 Å². The highest BCUT2D eigenvalue weighted by molar-refractivity contribution is 7.99. The molecule has 4 aromatic rings. The fourth-order valence-corrected chi connectivity index (χ4v) is 7.08. The van der Waals surface area contributed by atoms with Crippen LogP contribution < -0.4 is 0 Å². The molecule has 5 rings (SSSR count). The lowest BCUT2D eigenvalue weighted by Crippen LogP contribution is -2.55. The van der Waals surface area contributed by atoms with Crippen molar-refractivity contribution in [2.24, 2.45) is 0 Å². The maximum atomic E-state index is 13.0. The van der Waals surface area contributed by atoms with Crippen LogP contribution in [0.3, 0.4) is 0 Å². The van der Waals surface area contributed by atoms with E-state index in [-0.39, 0.29) is 17.9 Å². The average molecular weight is 629 g/mol. The van der Waals surface area contributed by atoms with Crippen molar-refractivity contribution in [3.8, 4) is 0 Å². The first-order chi connectivity index (χ1) is 21.9. The molecule has 1 aliphatic rings. The molecule has 1 atom stereocenters. The number of piperazine rings is 1. The summed E-state index contributed by atoms with van der Waals surface area (Å²) in [6, 6.07) is 16.9. The zero-order valence-electron chi connectivity index (χ0n) is 27.2. The Labute approximate surface area is 272 Å². The predicted octanol–water partition coefficient (Wildman–Crippen LogP) is 7.41. The number of rotatable bonds is 15. The molecule has 240 valence electrons. The first-order valence-electron chi connectivity index (χ1n) is 16.8. The largest absolute Gasteiger partial charge is 0.339 e. The highest BCUT2D eigenvalue weighted by Gasteiger charge is 2.29. The minimum Gasteiger partial charge on any atom is -0.339 e. The second-order valence-electron chi connectivity index (χ2n) is 12.5. The second-order valence-corrected chi connectivity index (χ2v) is 13.5. The van der Waals surface area contributed by atoms with Crippen molar-refractivity contribution in [2.45, 2.75) is 103 Å². The van der Waals surface area contributed by atoms with Crippen LogP contribution in [0.2, 0.25) is 0 Å². The molecular formula is C36H48N6O2S. The number of hydrogen-bond donors (Lipinski definition) is 0. The van der Waals surface area contributed by atoms with E-state index in [0.717, 1.165) is 60.0 Å². The number of hydrogen-bond acceptors (Lipinski definition) is 6. The lowest BCUT2D eigenvalue weighted by Gasteiger charge is -2.40. The van der Waals surface area contributed by atoms with Gasteiger partial charge in [0.25, 0.3) is 0 Å². The van der Waals surface area contributed by atoms with Crippen molar-refractivity contribution in [2.75, 3.05) is 25.4 Å². The molecule has 2 aromatic carbocycles. The molecule has 1 saturated heterocycles. The van der Waals surface area contributed by atoms with Crippen LogP contribution in [-0.2, 0) is 16.1 Å². The Morgan fingerprint density at radius 3 is 2.44 bits per heavy atom. The summed E-state index contributed by atoms with van der Waals surface area (Å²) in [6.07, 6.45) is 9.99. The summed E-state index contributed by atoms with van der Waals surface area (Å²) in [7, 11) is 0. The van der Waals surface area contributed by atoms with Gasteiger partial charge in [-0.25, -0.2) is 4.98 Å². The van der Waals surface area contributed by atoms with Crippen LogP contribution in [0.4, 0.5) is 0 Å². The zero-order chi connectivity index (χ0) is 31.6. The Morgan fingerprint density at radius 2 is 1.64 bits per heavy atom. The van der Waals surface area contributed by atoms with E-state index in [1.54, 1.807) is 11.8 Å². The minimum absolute atomic E-state index is 0.0758. The van der Waals surface area contributed by atoms with Gasteiger partial charge in [0.1, 0.15) is 5.52 Å². The molecule has 1 fully saturated rings. The van der Waals surface area contributed by atoms with Gasteiger partial charge in [0.15, 0.2) is 5.65 Å². The molecule has 9 heteroatoms. The Kier molecular flexibility index (Phi) is 11.9. The molecule has 45 heavy (non-hydrogen) atoms. The highest BCUT2D eigenvalue weighted by atomic mass is 32.2. The first-order valence-corrected chi connectivity index (χ1v) is 17.8. The number of carbonyl (C=O) groups excluding carboxylic acids is 2. The molecule has 2 aromatic heterocycles. The van der Waals surface area contributed by atoms with Crippen LogP contribution in [0.25, 0.3) is 22.1 Å². The van der Waals surface area contributed by atoms with Crippen LogP contribution in [0, 0.1) is 6.92 Å². The summed E-state index contributed by atoms with van der Waals surface area (Å²) < 4.78 is 2.24. The number of amides is 2. The van der Waals surface area contributed by atoms with Crippen molar-refractivity contribution in [1.82, 2.24) is 29.5 Å². The predicted molar refractivity (Wildman–Crippen MR) is 183 cm³/mol. The number of fused-ring (bicyclic) bond motifs is 3. The third-order valence-electron chi connectivity index (χ3n) is 8.85. The lowest BCUT2D eigenvalue weighted by atomic mass is 10.1. The van der Waals surface area contributed by atoms with E-state index in [9.17, 15) is 9.59 Å². The maximum Gasteiger partial charge on any atom is 0.222 e. The summed E-state index contributed by atoms with van der Waals surface area (Å²) in [6.45, 7) is 9.01. The first kappa shape index (κ1) is 32.9. The Bertz CT molecular complexity index is 1570. The molecule has 3 heterocycles. The molecule has 8 nitrogen and oxygen atoms in total. The van der Waals surface area contributed by atoms with Gasteiger partial charge in [0.2, 0.25) is 17.0 Å². The fraction of sp³-hybridized carbons (Fsp3) is 0.528. The SMILES string of the molecule is CCCCCCCCC(=O)N1CCN(C(=O)CCCCSc2nnc3c4cc(C)ccc4n(Cc4ccccc4)c3n2)CC1C. The van der Waals surface area contributed by atoms with Crippen molar-refractivity contribution < 1.29 is 9.59 Å². The van der Waals surface area contributed by atoms with Crippen molar-refractivity contribution in [1.29, 1.82) is 0 Å². The molecule has 0 spiro atoms. The quantitative estimate of drug-likeness (QED) is 0.101. The van der Waals surface area contributed by atoms with Gasteiger partial charge in [0, 0.05) is 56.2 Å². The van der Waals surface area contributed by atoms with Crippen LogP contribution in [-0.4, -0.2) is 72.8 Å². The van der Waals surface area contributed by atoms with Gasteiger partial charge in [-0.05, 0) is 50.8 Å². The Balaban J connectivity index is 1.08. The van der Waals surface area contributed by atoms with Gasteiger partial charge in [0.05, 0.1) is 5.52 Å². The van der Waals surface area contributed by atoms with Gasteiger partial charge in [-0.3, -0.25) is 9.59 Å². The second kappa shape index (κ2) is 16.2. The maximum absolute atomic E-state index is 13.0. The number of aromatic nitrogens is 4. The van der Waals surface area contributed by atoms with Gasteiger partial charge in [-0.2, -0.15) is 0 Å². The molecule has 2 amide bonds. The van der Waals surface area contributed by atoms with E-state index in [4.69, 9.17) is 4.98 Å². The lowest BCUT2D eigenvalue weighted by molar-refractivity contribution is -0.142. The topological polar surface area (TPSA) is 84.2 Å². The molecule has 0 radical (unpaired) electrons. The van der Waals surface area contributed by atoms with Crippen LogP contribution in [0.5, 0.6) is 0 Å². The molecule has 0 aliphatic carbocycles. The number of carbonyl (C=O) groups is 2. The average Bonchev–Trinajstić information content (AvgIpc) is 3.34. The van der Waals surface area contributed by atoms with Gasteiger partial charge in [-0.1, -0.05) is 92.8 Å².